The van der Waals surface area contributed by atoms with Crippen molar-refractivity contribution in [3.05, 3.63) is 24.0 Å². The summed E-state index contributed by atoms with van der Waals surface area (Å²) in [6.07, 6.45) is 10.1. The summed E-state index contributed by atoms with van der Waals surface area (Å²) in [4.78, 5) is 0. The summed E-state index contributed by atoms with van der Waals surface area (Å²) in [5.41, 5.74) is 0.328. The lowest BCUT2D eigenvalue weighted by atomic mass is 9.79. The average molecular weight is 166 g/mol. The van der Waals surface area contributed by atoms with Crippen LogP contribution in [0.5, 0.6) is 0 Å². The van der Waals surface area contributed by atoms with E-state index in [4.69, 9.17) is 4.74 Å². The van der Waals surface area contributed by atoms with E-state index in [1.54, 1.807) is 7.11 Å². The highest BCUT2D eigenvalue weighted by molar-refractivity contribution is 5.21. The fourth-order valence-electron chi connectivity index (χ4n) is 1.77. The van der Waals surface area contributed by atoms with Gasteiger partial charge >= 0.3 is 0 Å². The van der Waals surface area contributed by atoms with Crippen molar-refractivity contribution in [1.29, 1.82) is 0 Å². The molecule has 0 aliphatic heterocycles. The van der Waals surface area contributed by atoms with Crippen LogP contribution < -0.4 is 0 Å². The number of rotatable bonds is 3. The maximum absolute atomic E-state index is 5.21. The first-order valence-electron chi connectivity index (χ1n) is 4.63. The van der Waals surface area contributed by atoms with E-state index in [0.29, 0.717) is 5.41 Å². The Morgan fingerprint density at radius 2 is 2.33 bits per heavy atom. The number of methoxy groups -OCH3 is 1. The van der Waals surface area contributed by atoms with Gasteiger partial charge < -0.3 is 4.74 Å². The van der Waals surface area contributed by atoms with Crippen LogP contribution >= 0.6 is 0 Å². The molecule has 1 aliphatic rings. The van der Waals surface area contributed by atoms with E-state index >= 15 is 0 Å². The second kappa shape index (κ2) is 3.79. The van der Waals surface area contributed by atoms with Crippen LogP contribution in [0.1, 0.15) is 33.1 Å². The van der Waals surface area contributed by atoms with Crippen LogP contribution in [0.4, 0.5) is 0 Å². The Morgan fingerprint density at radius 1 is 1.58 bits per heavy atom. The van der Waals surface area contributed by atoms with Crippen molar-refractivity contribution in [2.75, 3.05) is 7.11 Å². The van der Waals surface area contributed by atoms with Crippen molar-refractivity contribution in [3.63, 3.8) is 0 Å². The zero-order chi connectivity index (χ0) is 9.03. The first kappa shape index (κ1) is 9.37. The van der Waals surface area contributed by atoms with E-state index in [0.717, 1.165) is 12.2 Å². The molecule has 0 heterocycles. The Kier molecular flexibility index (Phi) is 2.96. The van der Waals surface area contributed by atoms with Crippen molar-refractivity contribution < 1.29 is 4.74 Å². The van der Waals surface area contributed by atoms with Crippen LogP contribution in [0.15, 0.2) is 24.0 Å². The van der Waals surface area contributed by atoms with Gasteiger partial charge in [-0.15, -0.1) is 0 Å². The maximum Gasteiger partial charge on any atom is 0.115 e. The van der Waals surface area contributed by atoms with E-state index in [-0.39, 0.29) is 0 Å². The third kappa shape index (κ3) is 2.13. The molecular weight excluding hydrogens is 148 g/mol. The summed E-state index contributed by atoms with van der Waals surface area (Å²) in [5.74, 6) is 1.01. The van der Waals surface area contributed by atoms with Gasteiger partial charge in [-0.2, -0.15) is 0 Å². The summed E-state index contributed by atoms with van der Waals surface area (Å²) < 4.78 is 5.21. The van der Waals surface area contributed by atoms with Crippen LogP contribution in [0.2, 0.25) is 0 Å². The minimum atomic E-state index is 0.328. The van der Waals surface area contributed by atoms with E-state index in [1.807, 2.05) is 0 Å². The molecule has 0 amide bonds. The zero-order valence-corrected chi connectivity index (χ0v) is 8.26. The van der Waals surface area contributed by atoms with Gasteiger partial charge in [0.15, 0.2) is 0 Å². The maximum atomic E-state index is 5.21. The van der Waals surface area contributed by atoms with Gasteiger partial charge in [-0.25, -0.2) is 0 Å². The van der Waals surface area contributed by atoms with Gasteiger partial charge in [0.1, 0.15) is 5.76 Å². The van der Waals surface area contributed by atoms with Crippen molar-refractivity contribution in [2.24, 2.45) is 5.41 Å². The van der Waals surface area contributed by atoms with Gasteiger partial charge in [0.2, 0.25) is 0 Å². The molecule has 0 spiro atoms. The molecule has 0 fully saturated rings. The highest BCUT2D eigenvalue weighted by atomic mass is 16.5. The predicted molar refractivity (Wildman–Crippen MR) is 51.9 cm³/mol. The lowest BCUT2D eigenvalue weighted by Crippen LogP contribution is -2.15. The number of allylic oxidation sites excluding steroid dienone is 3. The molecule has 0 aromatic carbocycles. The first-order chi connectivity index (χ1) is 5.70. The fourth-order valence-corrected chi connectivity index (χ4v) is 1.77. The lowest BCUT2D eigenvalue weighted by Gasteiger charge is -2.27. The molecule has 1 nitrogen and oxygen atoms in total. The van der Waals surface area contributed by atoms with E-state index in [2.05, 4.69) is 32.1 Å². The summed E-state index contributed by atoms with van der Waals surface area (Å²) in [6.45, 7) is 4.52. The normalized spacial score (nSPS) is 28.4. The standard InChI is InChI=1S/C11H18O/c1-4-7-11(2)8-5-6-10(9-11)12-3/h5-6,9H,4,7-8H2,1-3H3. The van der Waals surface area contributed by atoms with E-state index in [1.165, 1.54) is 12.8 Å². The number of hydrogen-bond acceptors (Lipinski definition) is 1. The van der Waals surface area contributed by atoms with E-state index < -0.39 is 0 Å². The SMILES string of the molecule is CCCC1(C)C=C(OC)C=CC1. The molecule has 0 saturated carbocycles. The largest absolute Gasteiger partial charge is 0.497 e. The van der Waals surface area contributed by atoms with Crippen molar-refractivity contribution in [1.82, 2.24) is 0 Å². The van der Waals surface area contributed by atoms with Gasteiger partial charge in [0, 0.05) is 0 Å². The molecule has 0 saturated heterocycles. The second-order valence-corrected chi connectivity index (χ2v) is 3.76. The summed E-state index contributed by atoms with van der Waals surface area (Å²) >= 11 is 0. The molecule has 0 bridgehead atoms. The van der Waals surface area contributed by atoms with Crippen LogP contribution in [-0.2, 0) is 4.74 Å². The monoisotopic (exact) mass is 166 g/mol. The van der Waals surface area contributed by atoms with Crippen LogP contribution in [-0.4, -0.2) is 7.11 Å². The summed E-state index contributed by atoms with van der Waals surface area (Å²) in [7, 11) is 1.73. The van der Waals surface area contributed by atoms with Gasteiger partial charge in [0.25, 0.3) is 0 Å². The smallest absolute Gasteiger partial charge is 0.115 e. The Balaban J connectivity index is 2.69. The van der Waals surface area contributed by atoms with E-state index in [9.17, 15) is 0 Å². The molecule has 12 heavy (non-hydrogen) atoms. The molecule has 1 aliphatic carbocycles. The van der Waals surface area contributed by atoms with Gasteiger partial charge in [-0.1, -0.05) is 26.3 Å². The zero-order valence-electron chi connectivity index (χ0n) is 8.26. The minimum absolute atomic E-state index is 0.328. The molecule has 0 aromatic rings. The number of hydrogen-bond donors (Lipinski definition) is 0. The van der Waals surface area contributed by atoms with Crippen LogP contribution in [0.3, 0.4) is 0 Å². The summed E-state index contributed by atoms with van der Waals surface area (Å²) in [5, 5.41) is 0. The summed E-state index contributed by atoms with van der Waals surface area (Å²) in [6, 6.07) is 0. The van der Waals surface area contributed by atoms with Gasteiger partial charge in [-0.3, -0.25) is 0 Å². The third-order valence-corrected chi connectivity index (χ3v) is 2.41. The molecule has 1 unspecified atom stereocenters. The van der Waals surface area contributed by atoms with Crippen molar-refractivity contribution >= 4 is 0 Å². The molecule has 68 valence electrons. The molecule has 1 rings (SSSR count). The lowest BCUT2D eigenvalue weighted by molar-refractivity contribution is 0.281. The van der Waals surface area contributed by atoms with Crippen molar-refractivity contribution in [3.8, 4) is 0 Å². The average Bonchev–Trinajstić information content (AvgIpc) is 2.04. The molecule has 1 atom stereocenters. The third-order valence-electron chi connectivity index (χ3n) is 2.41. The molecule has 0 N–H and O–H groups in total. The Bertz CT molecular complexity index is 203. The Hall–Kier alpha value is -0.720. The predicted octanol–water partition coefficient (Wildman–Crippen LogP) is 3.28. The number of ether oxygens (including phenoxy) is 1. The molecular formula is C11H18O. The highest BCUT2D eigenvalue weighted by Gasteiger charge is 2.22. The topological polar surface area (TPSA) is 9.23 Å². The van der Waals surface area contributed by atoms with Crippen LogP contribution in [0.25, 0.3) is 0 Å². The second-order valence-electron chi connectivity index (χ2n) is 3.76. The molecule has 0 aromatic heterocycles. The van der Waals surface area contributed by atoms with Crippen LogP contribution in [0, 0.1) is 5.41 Å². The highest BCUT2D eigenvalue weighted by Crippen LogP contribution is 2.34. The van der Waals surface area contributed by atoms with Gasteiger partial charge in [-0.05, 0) is 30.4 Å². The first-order valence-corrected chi connectivity index (χ1v) is 4.63. The quantitative estimate of drug-likeness (QED) is 0.625. The van der Waals surface area contributed by atoms with Crippen molar-refractivity contribution in [2.45, 2.75) is 33.1 Å². The van der Waals surface area contributed by atoms with Gasteiger partial charge in [0.05, 0.1) is 7.11 Å². The molecule has 1 heteroatoms. The minimum Gasteiger partial charge on any atom is -0.497 e. The Morgan fingerprint density at radius 3 is 2.92 bits per heavy atom. The molecule has 0 radical (unpaired) electrons. The Labute approximate surface area is 75.1 Å². The fraction of sp³-hybridized carbons (Fsp3) is 0.636.